The van der Waals surface area contributed by atoms with Crippen molar-refractivity contribution in [1.82, 2.24) is 8.61 Å². The number of ether oxygens (including phenoxy) is 2. The Morgan fingerprint density at radius 3 is 2.17 bits per heavy atom. The van der Waals surface area contributed by atoms with Gasteiger partial charge in [0.2, 0.25) is 20.0 Å². The van der Waals surface area contributed by atoms with Crippen LogP contribution in [0.3, 0.4) is 0 Å². The van der Waals surface area contributed by atoms with E-state index in [-0.39, 0.29) is 42.1 Å². The van der Waals surface area contributed by atoms with Crippen molar-refractivity contribution in [3.8, 4) is 0 Å². The van der Waals surface area contributed by atoms with Gasteiger partial charge < -0.3 is 9.47 Å². The van der Waals surface area contributed by atoms with E-state index in [2.05, 4.69) is 0 Å². The van der Waals surface area contributed by atoms with Crippen molar-refractivity contribution in [2.24, 2.45) is 5.92 Å². The highest BCUT2D eigenvalue weighted by Gasteiger charge is 2.34. The molecular weight excluding hydrogens is 672 g/mol. The second-order valence-electron chi connectivity index (χ2n) is 12.5. The quantitative estimate of drug-likeness (QED) is 0.165. The zero-order valence-electron chi connectivity index (χ0n) is 27.4. The maximum atomic E-state index is 14.3. The minimum Gasteiger partial charge on any atom is -0.462 e. The lowest BCUT2D eigenvalue weighted by Gasteiger charge is -2.28. The van der Waals surface area contributed by atoms with Crippen LogP contribution >= 0.6 is 11.6 Å². The third-order valence-corrected chi connectivity index (χ3v) is 13.3. The maximum absolute atomic E-state index is 14.3. The first-order chi connectivity index (χ1) is 23.1. The van der Waals surface area contributed by atoms with Crippen LogP contribution in [-0.4, -0.2) is 63.8 Å². The van der Waals surface area contributed by atoms with Crippen LogP contribution in [0.4, 0.5) is 0 Å². The van der Waals surface area contributed by atoms with E-state index < -0.39 is 26.0 Å². The predicted molar refractivity (Wildman–Crippen MR) is 186 cm³/mol. The Kier molecular flexibility index (Phi) is 12.7. The normalized spacial score (nSPS) is 17.9. The summed E-state index contributed by atoms with van der Waals surface area (Å²) in [5.74, 6) is -0.202. The van der Waals surface area contributed by atoms with Crippen LogP contribution in [0.2, 0.25) is 5.02 Å². The highest BCUT2D eigenvalue weighted by Crippen LogP contribution is 2.32. The molecule has 0 amide bonds. The molecule has 9 nitrogen and oxygen atoms in total. The molecule has 12 heteroatoms. The number of halogens is 1. The van der Waals surface area contributed by atoms with Crippen LogP contribution in [0.25, 0.3) is 0 Å². The van der Waals surface area contributed by atoms with Gasteiger partial charge in [-0.3, -0.25) is 0 Å². The van der Waals surface area contributed by atoms with Gasteiger partial charge in [0.25, 0.3) is 0 Å². The van der Waals surface area contributed by atoms with Crippen molar-refractivity contribution in [2.45, 2.75) is 87.2 Å². The zero-order chi connectivity index (χ0) is 34.1. The van der Waals surface area contributed by atoms with E-state index in [9.17, 15) is 21.6 Å². The molecule has 48 heavy (non-hydrogen) atoms. The number of hydrogen-bond donors (Lipinski definition) is 0. The van der Waals surface area contributed by atoms with Crippen LogP contribution in [0.15, 0.2) is 82.6 Å². The fourth-order valence-corrected chi connectivity index (χ4v) is 9.80. The summed E-state index contributed by atoms with van der Waals surface area (Å²) >= 11 is 6.07. The summed E-state index contributed by atoms with van der Waals surface area (Å²) in [4.78, 5) is 12.8. The molecule has 1 unspecified atom stereocenters. The van der Waals surface area contributed by atoms with Crippen LogP contribution in [0, 0.1) is 5.92 Å². The molecule has 1 saturated heterocycles. The van der Waals surface area contributed by atoms with Crippen molar-refractivity contribution in [3.63, 3.8) is 0 Å². The number of nitrogens with zero attached hydrogens (tertiary/aromatic N) is 2. The SMILES string of the molecule is CCOC(=O)c1ccccc1CN(CCC1CCCOCC1)S(=O)(=O)c1ccc(S(=O)(=O)N(Cc2ccc(Cl)cc2)C2CCCC2)cc1. The Labute approximate surface area is 290 Å². The lowest BCUT2D eigenvalue weighted by Crippen LogP contribution is -2.38. The van der Waals surface area contributed by atoms with E-state index in [1.807, 2.05) is 12.1 Å². The summed E-state index contributed by atoms with van der Waals surface area (Å²) in [6.45, 7) is 3.68. The van der Waals surface area contributed by atoms with Gasteiger partial charge in [0, 0.05) is 43.9 Å². The summed E-state index contributed by atoms with van der Waals surface area (Å²) in [7, 11) is -8.03. The fourth-order valence-electron chi connectivity index (χ4n) is 6.57. The van der Waals surface area contributed by atoms with Crippen molar-refractivity contribution >= 4 is 37.6 Å². The summed E-state index contributed by atoms with van der Waals surface area (Å²) in [5, 5.41) is 0.576. The first-order valence-corrected chi connectivity index (χ1v) is 20.0. The molecule has 0 bridgehead atoms. The van der Waals surface area contributed by atoms with E-state index in [0.717, 1.165) is 50.5 Å². The molecule has 1 heterocycles. The average molecular weight is 717 g/mol. The smallest absolute Gasteiger partial charge is 0.338 e. The van der Waals surface area contributed by atoms with Gasteiger partial charge in [-0.2, -0.15) is 8.61 Å². The number of carbonyl (C=O) groups excluding carboxylic acids is 1. The number of hydrogen-bond acceptors (Lipinski definition) is 7. The molecule has 3 aromatic carbocycles. The molecule has 1 saturated carbocycles. The van der Waals surface area contributed by atoms with Gasteiger partial charge in [-0.05, 0) is 105 Å². The van der Waals surface area contributed by atoms with Gasteiger partial charge in [-0.15, -0.1) is 0 Å². The topological polar surface area (TPSA) is 110 Å². The van der Waals surface area contributed by atoms with Gasteiger partial charge in [0.1, 0.15) is 0 Å². The highest BCUT2D eigenvalue weighted by atomic mass is 35.5. The van der Waals surface area contributed by atoms with E-state index in [1.54, 1.807) is 47.6 Å². The number of carbonyl (C=O) groups is 1. The highest BCUT2D eigenvalue weighted by molar-refractivity contribution is 7.89. The summed E-state index contributed by atoms with van der Waals surface area (Å²) < 4.78 is 70.5. The third-order valence-electron chi connectivity index (χ3n) is 9.27. The first kappa shape index (κ1) is 36.5. The largest absolute Gasteiger partial charge is 0.462 e. The van der Waals surface area contributed by atoms with Crippen molar-refractivity contribution in [2.75, 3.05) is 26.4 Å². The summed E-state index contributed by atoms with van der Waals surface area (Å²) in [6, 6.07) is 19.4. The first-order valence-electron chi connectivity index (χ1n) is 16.8. The van der Waals surface area contributed by atoms with Crippen molar-refractivity contribution in [3.05, 3.63) is 94.5 Å². The monoisotopic (exact) mass is 716 g/mol. The molecule has 2 fully saturated rings. The average Bonchev–Trinajstić information content (AvgIpc) is 3.49. The van der Waals surface area contributed by atoms with Gasteiger partial charge in [0.15, 0.2) is 0 Å². The van der Waals surface area contributed by atoms with Crippen LogP contribution in [-0.2, 0) is 42.6 Å². The zero-order valence-corrected chi connectivity index (χ0v) is 29.8. The van der Waals surface area contributed by atoms with E-state index in [1.165, 1.54) is 28.6 Å². The van der Waals surface area contributed by atoms with Gasteiger partial charge in [0.05, 0.1) is 22.0 Å². The van der Waals surface area contributed by atoms with Crippen LogP contribution in [0.1, 0.15) is 79.8 Å². The number of sulfonamides is 2. The molecule has 5 rings (SSSR count). The van der Waals surface area contributed by atoms with E-state index in [4.69, 9.17) is 21.1 Å². The Hall–Kier alpha value is -2.80. The predicted octanol–water partition coefficient (Wildman–Crippen LogP) is 7.05. The molecule has 0 aromatic heterocycles. The molecule has 0 radical (unpaired) electrons. The fraction of sp³-hybridized carbons (Fsp3) is 0.472. The molecule has 1 atom stereocenters. The lowest BCUT2D eigenvalue weighted by atomic mass is 9.97. The Morgan fingerprint density at radius 2 is 1.48 bits per heavy atom. The Balaban J connectivity index is 1.43. The number of rotatable bonds is 14. The summed E-state index contributed by atoms with van der Waals surface area (Å²) in [5.41, 5.74) is 1.68. The second-order valence-corrected chi connectivity index (χ2v) is 16.8. The molecule has 1 aliphatic heterocycles. The van der Waals surface area contributed by atoms with Crippen LogP contribution < -0.4 is 0 Å². The standard InChI is InChI=1S/C36H45ClN2O7S2/c1-2-46-36(40)35-12-6-3-9-30(35)27-38(23-21-28-8-7-24-45-25-22-28)47(41,42)33-17-19-34(20-18-33)48(43,44)39(32-10-4-5-11-32)26-29-13-15-31(37)16-14-29/h3,6,9,12-20,28,32H,2,4-5,7-8,10-11,21-27H2,1H3. The molecule has 1 aliphatic carbocycles. The van der Waals surface area contributed by atoms with Gasteiger partial charge in [-0.1, -0.05) is 54.8 Å². The van der Waals surface area contributed by atoms with Crippen LogP contribution in [0.5, 0.6) is 0 Å². The Morgan fingerprint density at radius 1 is 0.812 bits per heavy atom. The Bertz CT molecular complexity index is 1720. The molecule has 2 aliphatic rings. The molecule has 0 N–H and O–H groups in total. The third kappa shape index (κ3) is 9.05. The van der Waals surface area contributed by atoms with E-state index >= 15 is 0 Å². The van der Waals surface area contributed by atoms with E-state index in [0.29, 0.717) is 41.7 Å². The molecular formula is C36H45ClN2O7S2. The van der Waals surface area contributed by atoms with Crippen molar-refractivity contribution in [1.29, 1.82) is 0 Å². The number of esters is 1. The molecule has 260 valence electrons. The maximum Gasteiger partial charge on any atom is 0.338 e. The number of benzene rings is 3. The van der Waals surface area contributed by atoms with Crippen molar-refractivity contribution < 1.29 is 31.1 Å². The summed E-state index contributed by atoms with van der Waals surface area (Å²) in [6.07, 6.45) is 6.83. The minimum absolute atomic E-state index is 0.00983. The minimum atomic E-state index is -4.09. The molecule has 0 spiro atoms. The second kappa shape index (κ2) is 16.7. The lowest BCUT2D eigenvalue weighted by molar-refractivity contribution is 0.0524. The van der Waals surface area contributed by atoms with Gasteiger partial charge in [-0.25, -0.2) is 21.6 Å². The molecule has 3 aromatic rings. The van der Waals surface area contributed by atoms with Gasteiger partial charge >= 0.3 is 5.97 Å².